The summed E-state index contributed by atoms with van der Waals surface area (Å²) in [5, 5.41) is 1.01. The molecular formula is C16H23BrN2O2Si. The molecule has 120 valence electrons. The number of pyridine rings is 1. The van der Waals surface area contributed by atoms with Crippen molar-refractivity contribution in [1.29, 1.82) is 0 Å². The minimum Gasteiger partial charge on any atom is -0.361 e. The number of aromatic nitrogens is 2. The van der Waals surface area contributed by atoms with E-state index in [0.29, 0.717) is 13.2 Å². The average Bonchev–Trinajstić information content (AvgIpc) is 2.72. The number of nitrogens with zero attached hydrogens (tertiary/aromatic N) is 2. The molecule has 2 rings (SSSR count). The minimum absolute atomic E-state index is 0.148. The normalized spacial score (nSPS) is 12.0. The molecule has 0 fully saturated rings. The highest BCUT2D eigenvalue weighted by Crippen LogP contribution is 2.28. The predicted octanol–water partition coefficient (Wildman–Crippen LogP) is 4.24. The number of Topliss-reactive ketones (excluding diaryl/α,β-unsaturated/α-hetero) is 1. The van der Waals surface area contributed by atoms with Crippen LogP contribution in [0.2, 0.25) is 25.7 Å². The summed E-state index contributed by atoms with van der Waals surface area (Å²) in [6.45, 7) is 9.87. The zero-order valence-electron chi connectivity index (χ0n) is 13.6. The van der Waals surface area contributed by atoms with Crippen LogP contribution in [0.5, 0.6) is 0 Å². The topological polar surface area (TPSA) is 44.1 Å². The highest BCUT2D eigenvalue weighted by molar-refractivity contribution is 9.10. The Kier molecular flexibility index (Phi) is 5.58. The zero-order valence-corrected chi connectivity index (χ0v) is 16.2. The molecule has 0 amide bonds. The number of rotatable bonds is 7. The van der Waals surface area contributed by atoms with E-state index in [1.807, 2.05) is 16.8 Å². The van der Waals surface area contributed by atoms with Crippen LogP contribution in [-0.2, 0) is 22.7 Å². The van der Waals surface area contributed by atoms with Crippen molar-refractivity contribution in [2.24, 2.45) is 0 Å². The van der Waals surface area contributed by atoms with Gasteiger partial charge >= 0.3 is 0 Å². The van der Waals surface area contributed by atoms with Crippen molar-refractivity contribution >= 4 is 40.8 Å². The summed E-state index contributed by atoms with van der Waals surface area (Å²) < 4.78 is 8.78. The van der Waals surface area contributed by atoms with Gasteiger partial charge in [-0.1, -0.05) is 19.6 Å². The second-order valence-corrected chi connectivity index (χ2v) is 13.3. The van der Waals surface area contributed by atoms with Crippen LogP contribution in [0.4, 0.5) is 0 Å². The monoisotopic (exact) mass is 382 g/mol. The summed E-state index contributed by atoms with van der Waals surface area (Å²) in [5.74, 6) is 0.148. The smallest absolute Gasteiger partial charge is 0.143 e. The molecule has 0 N–H and O–H groups in total. The fourth-order valence-corrected chi connectivity index (χ4v) is 3.61. The van der Waals surface area contributed by atoms with Gasteiger partial charge in [-0.05, 0) is 40.5 Å². The van der Waals surface area contributed by atoms with Crippen molar-refractivity contribution in [1.82, 2.24) is 9.55 Å². The molecule has 0 aliphatic rings. The third kappa shape index (κ3) is 4.51. The van der Waals surface area contributed by atoms with Gasteiger partial charge in [0, 0.05) is 43.4 Å². The van der Waals surface area contributed by atoms with E-state index in [1.165, 1.54) is 0 Å². The molecule has 0 unspecified atom stereocenters. The summed E-state index contributed by atoms with van der Waals surface area (Å²) in [6.07, 6.45) is 4.17. The Morgan fingerprint density at radius 1 is 1.41 bits per heavy atom. The van der Waals surface area contributed by atoms with Gasteiger partial charge in [0.1, 0.15) is 18.2 Å². The van der Waals surface area contributed by atoms with Crippen LogP contribution in [0.15, 0.2) is 22.9 Å². The third-order valence-corrected chi connectivity index (χ3v) is 5.82. The Morgan fingerprint density at radius 2 is 2.14 bits per heavy atom. The molecule has 22 heavy (non-hydrogen) atoms. The van der Waals surface area contributed by atoms with Gasteiger partial charge in [0.15, 0.2) is 0 Å². The molecule has 2 heterocycles. The van der Waals surface area contributed by atoms with Crippen molar-refractivity contribution in [3.05, 3.63) is 28.5 Å². The lowest BCUT2D eigenvalue weighted by atomic mass is 10.1. The Bertz CT molecular complexity index is 677. The predicted molar refractivity (Wildman–Crippen MR) is 95.9 cm³/mol. The first kappa shape index (κ1) is 17.4. The highest BCUT2D eigenvalue weighted by atomic mass is 79.9. The molecular weight excluding hydrogens is 360 g/mol. The SMILES string of the molecule is CC(=O)Cc1cn(COCC[Si](C)(C)C)c2nccc(Br)c12. The van der Waals surface area contributed by atoms with Crippen molar-refractivity contribution in [2.75, 3.05) is 6.61 Å². The van der Waals surface area contributed by atoms with Gasteiger partial charge in [-0.15, -0.1) is 0 Å². The van der Waals surface area contributed by atoms with Gasteiger partial charge in [-0.25, -0.2) is 4.98 Å². The number of hydrogen-bond donors (Lipinski definition) is 0. The molecule has 2 aromatic rings. The van der Waals surface area contributed by atoms with E-state index in [4.69, 9.17) is 4.74 Å². The van der Waals surface area contributed by atoms with Gasteiger partial charge in [-0.2, -0.15) is 0 Å². The number of ketones is 1. The van der Waals surface area contributed by atoms with Crippen molar-refractivity contribution in [2.45, 2.75) is 45.8 Å². The van der Waals surface area contributed by atoms with Crippen LogP contribution < -0.4 is 0 Å². The summed E-state index contributed by atoms with van der Waals surface area (Å²) in [7, 11) is -1.08. The largest absolute Gasteiger partial charge is 0.361 e. The first-order valence-corrected chi connectivity index (χ1v) is 12.0. The van der Waals surface area contributed by atoms with Gasteiger partial charge in [0.05, 0.1) is 0 Å². The molecule has 2 aromatic heterocycles. The average molecular weight is 383 g/mol. The second-order valence-electron chi connectivity index (χ2n) is 6.84. The number of carbonyl (C=O) groups is 1. The molecule has 0 aliphatic heterocycles. The Hall–Kier alpha value is -0.983. The van der Waals surface area contributed by atoms with E-state index in [0.717, 1.165) is 33.7 Å². The lowest BCUT2D eigenvalue weighted by Gasteiger charge is -2.15. The standard InChI is InChI=1S/C16H23BrN2O2Si/c1-12(20)9-13-10-19(11-21-7-8-22(2,3)4)16-15(13)14(17)5-6-18-16/h5-6,10H,7-9,11H2,1-4H3. The maximum absolute atomic E-state index is 11.5. The third-order valence-electron chi connectivity index (χ3n) is 3.45. The molecule has 0 bridgehead atoms. The van der Waals surface area contributed by atoms with Gasteiger partial charge in [-0.3, -0.25) is 4.79 Å². The fourth-order valence-electron chi connectivity index (χ4n) is 2.30. The van der Waals surface area contributed by atoms with Gasteiger partial charge < -0.3 is 9.30 Å². The summed E-state index contributed by atoms with van der Waals surface area (Å²) in [6, 6.07) is 3.05. The highest BCUT2D eigenvalue weighted by Gasteiger charge is 2.15. The maximum atomic E-state index is 11.5. The summed E-state index contributed by atoms with van der Waals surface area (Å²) >= 11 is 3.56. The molecule has 0 aliphatic carbocycles. The number of carbonyl (C=O) groups excluding carboxylic acids is 1. The molecule has 4 nitrogen and oxygen atoms in total. The van der Waals surface area contributed by atoms with Crippen LogP contribution >= 0.6 is 15.9 Å². The van der Waals surface area contributed by atoms with E-state index in [2.05, 4.69) is 40.6 Å². The van der Waals surface area contributed by atoms with E-state index >= 15 is 0 Å². The molecule has 0 spiro atoms. The van der Waals surface area contributed by atoms with Crippen molar-refractivity contribution in [3.8, 4) is 0 Å². The van der Waals surface area contributed by atoms with E-state index in [-0.39, 0.29) is 5.78 Å². The van der Waals surface area contributed by atoms with Crippen molar-refractivity contribution < 1.29 is 9.53 Å². The molecule has 0 radical (unpaired) electrons. The Morgan fingerprint density at radius 3 is 2.77 bits per heavy atom. The van der Waals surface area contributed by atoms with Crippen molar-refractivity contribution in [3.63, 3.8) is 0 Å². The van der Waals surface area contributed by atoms with Crippen LogP contribution in [-0.4, -0.2) is 30.0 Å². The summed E-state index contributed by atoms with van der Waals surface area (Å²) in [5.41, 5.74) is 1.86. The number of hydrogen-bond acceptors (Lipinski definition) is 3. The molecule has 0 atom stereocenters. The molecule has 0 aromatic carbocycles. The Balaban J connectivity index is 2.19. The second kappa shape index (κ2) is 7.06. The minimum atomic E-state index is -1.08. The summed E-state index contributed by atoms with van der Waals surface area (Å²) in [4.78, 5) is 15.9. The molecule has 0 saturated carbocycles. The van der Waals surface area contributed by atoms with E-state index in [1.54, 1.807) is 13.1 Å². The number of fused-ring (bicyclic) bond motifs is 1. The van der Waals surface area contributed by atoms with E-state index in [9.17, 15) is 4.79 Å². The van der Waals surface area contributed by atoms with E-state index < -0.39 is 8.07 Å². The number of halogens is 1. The molecule has 0 saturated heterocycles. The maximum Gasteiger partial charge on any atom is 0.143 e. The van der Waals surface area contributed by atoms with Crippen LogP contribution in [0, 0.1) is 0 Å². The first-order chi connectivity index (χ1) is 10.3. The first-order valence-electron chi connectivity index (χ1n) is 7.47. The lowest BCUT2D eigenvalue weighted by Crippen LogP contribution is -2.22. The molecule has 6 heteroatoms. The Labute approximate surface area is 141 Å². The quantitative estimate of drug-likeness (QED) is 0.531. The lowest BCUT2D eigenvalue weighted by molar-refractivity contribution is -0.116. The zero-order chi connectivity index (χ0) is 16.3. The number of ether oxygens (including phenoxy) is 1. The fraction of sp³-hybridized carbons (Fsp3) is 0.500. The van der Waals surface area contributed by atoms with Gasteiger partial charge in [0.2, 0.25) is 0 Å². The van der Waals surface area contributed by atoms with Crippen LogP contribution in [0.3, 0.4) is 0 Å². The van der Waals surface area contributed by atoms with Crippen LogP contribution in [0.25, 0.3) is 11.0 Å². The van der Waals surface area contributed by atoms with Crippen LogP contribution in [0.1, 0.15) is 12.5 Å². The van der Waals surface area contributed by atoms with Gasteiger partial charge in [0.25, 0.3) is 0 Å².